The van der Waals surface area contributed by atoms with Gasteiger partial charge in [0.05, 0.1) is 12.2 Å². The maximum absolute atomic E-state index is 13.5. The number of ketones is 1. The van der Waals surface area contributed by atoms with Crippen molar-refractivity contribution < 1.29 is 13.9 Å². The van der Waals surface area contributed by atoms with Crippen molar-refractivity contribution in [2.24, 2.45) is 0 Å². The average molecular weight is 337 g/mol. The summed E-state index contributed by atoms with van der Waals surface area (Å²) >= 11 is 3.23. The van der Waals surface area contributed by atoms with Crippen LogP contribution >= 0.6 is 15.9 Å². The molecule has 0 unspecified atom stereocenters. The van der Waals surface area contributed by atoms with Gasteiger partial charge in [-0.25, -0.2) is 4.39 Å². The number of benzene rings is 2. The quantitative estimate of drug-likeness (QED) is 0.749. The van der Waals surface area contributed by atoms with Crippen LogP contribution in [0.3, 0.4) is 0 Å². The summed E-state index contributed by atoms with van der Waals surface area (Å²) in [5.41, 5.74) is 1.18. The molecule has 0 saturated heterocycles. The zero-order chi connectivity index (χ0) is 14.5. The van der Waals surface area contributed by atoms with Gasteiger partial charge in [-0.2, -0.15) is 0 Å². The lowest BCUT2D eigenvalue weighted by atomic mass is 10.1. The fraction of sp³-hybridized carbons (Fsp3) is 0.188. The molecule has 0 bridgehead atoms. The molecule has 0 atom stereocenters. The van der Waals surface area contributed by atoms with Crippen molar-refractivity contribution in [3.8, 4) is 5.75 Å². The third-order valence-corrected chi connectivity index (χ3v) is 3.31. The van der Waals surface area contributed by atoms with Crippen LogP contribution in [-0.4, -0.2) is 12.4 Å². The standard InChI is InChI=1S/C16H14BrFO2/c1-11-3-2-4-13(9-11)20-8-7-16(19)14-10-12(17)5-6-15(14)18/h2-6,9-10H,7-8H2,1H3. The van der Waals surface area contributed by atoms with Crippen LogP contribution in [0, 0.1) is 12.7 Å². The first-order valence-electron chi connectivity index (χ1n) is 6.24. The smallest absolute Gasteiger partial charge is 0.169 e. The molecule has 0 saturated carbocycles. The molecule has 2 aromatic carbocycles. The van der Waals surface area contributed by atoms with Crippen LogP contribution in [-0.2, 0) is 0 Å². The highest BCUT2D eigenvalue weighted by Gasteiger charge is 2.12. The van der Waals surface area contributed by atoms with Crippen molar-refractivity contribution in [1.29, 1.82) is 0 Å². The lowest BCUT2D eigenvalue weighted by Gasteiger charge is -2.07. The molecule has 0 heterocycles. The fourth-order valence-electron chi connectivity index (χ4n) is 1.81. The second-order valence-corrected chi connectivity index (χ2v) is 5.38. The largest absolute Gasteiger partial charge is 0.493 e. The minimum absolute atomic E-state index is 0.0900. The van der Waals surface area contributed by atoms with Gasteiger partial charge in [-0.1, -0.05) is 28.1 Å². The first kappa shape index (κ1) is 14.7. The molecule has 0 N–H and O–H groups in total. The Hall–Kier alpha value is -1.68. The second-order valence-electron chi connectivity index (χ2n) is 4.46. The summed E-state index contributed by atoms with van der Waals surface area (Å²) < 4.78 is 19.7. The summed E-state index contributed by atoms with van der Waals surface area (Å²) in [5, 5.41) is 0. The average Bonchev–Trinajstić information content (AvgIpc) is 2.41. The number of halogens is 2. The van der Waals surface area contributed by atoms with Crippen LogP contribution < -0.4 is 4.74 Å². The number of carbonyl (C=O) groups excluding carboxylic acids is 1. The zero-order valence-corrected chi connectivity index (χ0v) is 12.6. The van der Waals surface area contributed by atoms with Gasteiger partial charge in [0, 0.05) is 10.9 Å². The van der Waals surface area contributed by atoms with Crippen LogP contribution in [0.5, 0.6) is 5.75 Å². The van der Waals surface area contributed by atoms with E-state index in [0.717, 1.165) is 5.56 Å². The molecule has 0 aliphatic carbocycles. The van der Waals surface area contributed by atoms with Gasteiger partial charge in [-0.05, 0) is 42.8 Å². The zero-order valence-electron chi connectivity index (χ0n) is 11.0. The van der Waals surface area contributed by atoms with Crippen LogP contribution in [0.2, 0.25) is 0 Å². The van der Waals surface area contributed by atoms with Gasteiger partial charge < -0.3 is 4.74 Å². The number of hydrogen-bond acceptors (Lipinski definition) is 2. The molecule has 2 aromatic rings. The number of ether oxygens (including phenoxy) is 1. The number of hydrogen-bond donors (Lipinski definition) is 0. The van der Waals surface area contributed by atoms with E-state index in [4.69, 9.17) is 4.74 Å². The Morgan fingerprint density at radius 3 is 2.80 bits per heavy atom. The lowest BCUT2D eigenvalue weighted by molar-refractivity contribution is 0.0958. The minimum Gasteiger partial charge on any atom is -0.493 e. The maximum Gasteiger partial charge on any atom is 0.169 e. The molecule has 104 valence electrons. The topological polar surface area (TPSA) is 26.3 Å². The molecule has 0 aliphatic rings. The summed E-state index contributed by atoms with van der Waals surface area (Å²) in [4.78, 5) is 11.9. The molecular weight excluding hydrogens is 323 g/mol. The predicted molar refractivity (Wildman–Crippen MR) is 79.7 cm³/mol. The Bertz CT molecular complexity index is 626. The number of Topliss-reactive ketones (excluding diaryl/α,β-unsaturated/α-hetero) is 1. The highest BCUT2D eigenvalue weighted by atomic mass is 79.9. The van der Waals surface area contributed by atoms with E-state index < -0.39 is 5.82 Å². The van der Waals surface area contributed by atoms with E-state index in [1.807, 2.05) is 31.2 Å². The Morgan fingerprint density at radius 1 is 1.25 bits per heavy atom. The predicted octanol–water partition coefficient (Wildman–Crippen LogP) is 4.55. The van der Waals surface area contributed by atoms with E-state index in [2.05, 4.69) is 15.9 Å². The Balaban J connectivity index is 1.94. The van der Waals surface area contributed by atoms with Crippen LogP contribution in [0.1, 0.15) is 22.3 Å². The lowest BCUT2D eigenvalue weighted by Crippen LogP contribution is -2.08. The summed E-state index contributed by atoms with van der Waals surface area (Å²) in [6.07, 6.45) is 0.140. The van der Waals surface area contributed by atoms with Crippen molar-refractivity contribution >= 4 is 21.7 Å². The van der Waals surface area contributed by atoms with E-state index in [1.54, 1.807) is 6.07 Å². The van der Waals surface area contributed by atoms with Crippen LogP contribution in [0.15, 0.2) is 46.9 Å². The van der Waals surface area contributed by atoms with Gasteiger partial charge in [0.1, 0.15) is 11.6 Å². The van der Waals surface area contributed by atoms with E-state index in [1.165, 1.54) is 12.1 Å². The van der Waals surface area contributed by atoms with E-state index in [9.17, 15) is 9.18 Å². The van der Waals surface area contributed by atoms with Gasteiger partial charge in [0.25, 0.3) is 0 Å². The van der Waals surface area contributed by atoms with Crippen LogP contribution in [0.4, 0.5) is 4.39 Å². The van der Waals surface area contributed by atoms with Gasteiger partial charge in [0.15, 0.2) is 5.78 Å². The first-order chi connectivity index (χ1) is 9.56. The van der Waals surface area contributed by atoms with Crippen molar-refractivity contribution in [1.82, 2.24) is 0 Å². The Kier molecular flexibility index (Phi) is 4.90. The minimum atomic E-state index is -0.506. The number of rotatable bonds is 5. The summed E-state index contributed by atoms with van der Waals surface area (Å²) in [6, 6.07) is 11.9. The fourth-order valence-corrected chi connectivity index (χ4v) is 2.17. The number of aryl methyl sites for hydroxylation is 1. The van der Waals surface area contributed by atoms with E-state index in [-0.39, 0.29) is 24.4 Å². The molecule has 2 nitrogen and oxygen atoms in total. The second kappa shape index (κ2) is 6.66. The normalized spacial score (nSPS) is 10.3. The molecule has 0 aliphatic heterocycles. The molecule has 2 rings (SSSR count). The first-order valence-corrected chi connectivity index (χ1v) is 7.03. The monoisotopic (exact) mass is 336 g/mol. The molecular formula is C16H14BrFO2. The van der Waals surface area contributed by atoms with Crippen LogP contribution in [0.25, 0.3) is 0 Å². The highest BCUT2D eigenvalue weighted by molar-refractivity contribution is 9.10. The van der Waals surface area contributed by atoms with Crippen molar-refractivity contribution in [2.75, 3.05) is 6.61 Å². The molecule has 0 amide bonds. The Morgan fingerprint density at radius 2 is 2.05 bits per heavy atom. The molecule has 0 fully saturated rings. The Labute approximate surface area is 125 Å². The van der Waals surface area contributed by atoms with Crippen molar-refractivity contribution in [3.05, 3.63) is 63.9 Å². The van der Waals surface area contributed by atoms with Crippen molar-refractivity contribution in [3.63, 3.8) is 0 Å². The third-order valence-electron chi connectivity index (χ3n) is 2.82. The van der Waals surface area contributed by atoms with E-state index in [0.29, 0.717) is 10.2 Å². The van der Waals surface area contributed by atoms with Gasteiger partial charge in [-0.15, -0.1) is 0 Å². The van der Waals surface area contributed by atoms with E-state index >= 15 is 0 Å². The summed E-state index contributed by atoms with van der Waals surface area (Å²) in [6.45, 7) is 2.20. The maximum atomic E-state index is 13.5. The summed E-state index contributed by atoms with van der Waals surface area (Å²) in [5.74, 6) is -0.0577. The van der Waals surface area contributed by atoms with Gasteiger partial charge in [-0.3, -0.25) is 4.79 Å². The molecule has 20 heavy (non-hydrogen) atoms. The summed E-state index contributed by atoms with van der Waals surface area (Å²) in [7, 11) is 0. The SMILES string of the molecule is Cc1cccc(OCCC(=O)c2cc(Br)ccc2F)c1. The van der Waals surface area contributed by atoms with Gasteiger partial charge in [0.2, 0.25) is 0 Å². The van der Waals surface area contributed by atoms with Gasteiger partial charge >= 0.3 is 0 Å². The number of carbonyl (C=O) groups is 1. The molecule has 0 spiro atoms. The molecule has 0 aromatic heterocycles. The molecule has 4 heteroatoms. The highest BCUT2D eigenvalue weighted by Crippen LogP contribution is 2.18. The third kappa shape index (κ3) is 3.90. The molecule has 0 radical (unpaired) electrons. The van der Waals surface area contributed by atoms with Crippen molar-refractivity contribution in [2.45, 2.75) is 13.3 Å².